The van der Waals surface area contributed by atoms with E-state index >= 15 is 0 Å². The van der Waals surface area contributed by atoms with Crippen molar-refractivity contribution < 1.29 is 4.42 Å². The van der Waals surface area contributed by atoms with E-state index in [0.717, 1.165) is 24.0 Å². The third-order valence-electron chi connectivity index (χ3n) is 3.37. The molecule has 0 aliphatic heterocycles. The van der Waals surface area contributed by atoms with Crippen molar-refractivity contribution in [3.63, 3.8) is 0 Å². The molecule has 3 rings (SSSR count). The number of nitrogens with one attached hydrogen (secondary N) is 1. The molecule has 0 unspecified atom stereocenters. The number of hydrogen-bond acceptors (Lipinski definition) is 5. The Labute approximate surface area is 123 Å². The zero-order valence-corrected chi connectivity index (χ0v) is 12.8. The second kappa shape index (κ2) is 5.97. The standard InChI is InChI=1S/C15H21N3OS/c1-11(2)16-8-14-9-17-15(20-14)18(12-5-6-12)10-13-4-3-7-19-13/h3-4,7,9,11-12,16H,5-6,8,10H2,1-2H3. The molecule has 108 valence electrons. The Morgan fingerprint density at radius 2 is 2.35 bits per heavy atom. The Balaban J connectivity index is 1.68. The molecule has 1 N–H and O–H groups in total. The minimum absolute atomic E-state index is 0.503. The van der Waals surface area contributed by atoms with E-state index in [9.17, 15) is 0 Å². The summed E-state index contributed by atoms with van der Waals surface area (Å²) < 4.78 is 5.47. The first-order valence-electron chi connectivity index (χ1n) is 7.19. The van der Waals surface area contributed by atoms with Crippen molar-refractivity contribution in [1.29, 1.82) is 0 Å². The van der Waals surface area contributed by atoms with Gasteiger partial charge in [-0.2, -0.15) is 0 Å². The summed E-state index contributed by atoms with van der Waals surface area (Å²) in [5.74, 6) is 1.01. The lowest BCUT2D eigenvalue weighted by Crippen LogP contribution is -2.24. The van der Waals surface area contributed by atoms with E-state index in [-0.39, 0.29) is 0 Å². The molecule has 20 heavy (non-hydrogen) atoms. The highest BCUT2D eigenvalue weighted by atomic mass is 32.1. The quantitative estimate of drug-likeness (QED) is 0.849. The zero-order chi connectivity index (χ0) is 13.9. The van der Waals surface area contributed by atoms with Crippen LogP contribution in [0.15, 0.2) is 29.0 Å². The average Bonchev–Trinajstić information content (AvgIpc) is 2.95. The lowest BCUT2D eigenvalue weighted by atomic mass is 10.4. The van der Waals surface area contributed by atoms with Crippen LogP contribution in [-0.4, -0.2) is 17.1 Å². The molecule has 1 fully saturated rings. The fraction of sp³-hybridized carbons (Fsp3) is 0.533. The Morgan fingerprint density at radius 3 is 3.00 bits per heavy atom. The lowest BCUT2D eigenvalue weighted by Gasteiger charge is -2.19. The van der Waals surface area contributed by atoms with Crippen LogP contribution in [0.4, 0.5) is 5.13 Å². The number of anilines is 1. The Morgan fingerprint density at radius 1 is 1.50 bits per heavy atom. The number of nitrogens with zero attached hydrogens (tertiary/aromatic N) is 2. The van der Waals surface area contributed by atoms with Gasteiger partial charge >= 0.3 is 0 Å². The van der Waals surface area contributed by atoms with Crippen LogP contribution in [-0.2, 0) is 13.1 Å². The van der Waals surface area contributed by atoms with E-state index in [1.54, 1.807) is 17.6 Å². The number of aromatic nitrogens is 1. The second-order valence-corrected chi connectivity index (χ2v) is 6.68. The van der Waals surface area contributed by atoms with Crippen molar-refractivity contribution in [2.45, 2.75) is 51.9 Å². The third-order valence-corrected chi connectivity index (χ3v) is 4.40. The Bertz CT molecular complexity index is 531. The molecule has 2 aromatic heterocycles. The first kappa shape index (κ1) is 13.6. The molecule has 1 aliphatic carbocycles. The molecule has 2 aromatic rings. The summed E-state index contributed by atoms with van der Waals surface area (Å²) in [6, 6.07) is 5.12. The second-order valence-electron chi connectivity index (χ2n) is 5.58. The molecular formula is C15H21N3OS. The summed E-state index contributed by atoms with van der Waals surface area (Å²) in [5.41, 5.74) is 0. The van der Waals surface area contributed by atoms with Gasteiger partial charge in [0.2, 0.25) is 0 Å². The van der Waals surface area contributed by atoms with Crippen LogP contribution in [0.5, 0.6) is 0 Å². The molecule has 0 aromatic carbocycles. The predicted molar refractivity (Wildman–Crippen MR) is 82.0 cm³/mol. The smallest absolute Gasteiger partial charge is 0.186 e. The molecule has 0 saturated heterocycles. The van der Waals surface area contributed by atoms with E-state index in [4.69, 9.17) is 4.42 Å². The van der Waals surface area contributed by atoms with Gasteiger partial charge in [-0.1, -0.05) is 13.8 Å². The number of furan rings is 1. The van der Waals surface area contributed by atoms with Gasteiger partial charge in [-0.3, -0.25) is 0 Å². The third kappa shape index (κ3) is 3.41. The van der Waals surface area contributed by atoms with Crippen molar-refractivity contribution in [3.05, 3.63) is 35.2 Å². The minimum Gasteiger partial charge on any atom is -0.467 e. The summed E-state index contributed by atoms with van der Waals surface area (Å²) in [5, 5.41) is 4.55. The van der Waals surface area contributed by atoms with Crippen LogP contribution in [0.3, 0.4) is 0 Å². The van der Waals surface area contributed by atoms with Gasteiger partial charge in [-0.05, 0) is 25.0 Å². The summed E-state index contributed by atoms with van der Waals surface area (Å²) >= 11 is 1.78. The lowest BCUT2D eigenvalue weighted by molar-refractivity contribution is 0.501. The molecule has 0 amide bonds. The van der Waals surface area contributed by atoms with Gasteiger partial charge in [0.05, 0.1) is 12.8 Å². The average molecular weight is 291 g/mol. The molecule has 0 bridgehead atoms. The highest BCUT2D eigenvalue weighted by molar-refractivity contribution is 7.15. The molecular weight excluding hydrogens is 270 g/mol. The summed E-state index contributed by atoms with van der Waals surface area (Å²) in [6.45, 7) is 6.04. The van der Waals surface area contributed by atoms with Gasteiger partial charge in [0.15, 0.2) is 5.13 Å². The highest BCUT2D eigenvalue weighted by Crippen LogP contribution is 2.35. The van der Waals surface area contributed by atoms with E-state index in [1.165, 1.54) is 17.7 Å². The highest BCUT2D eigenvalue weighted by Gasteiger charge is 2.31. The van der Waals surface area contributed by atoms with Crippen molar-refractivity contribution >= 4 is 16.5 Å². The van der Waals surface area contributed by atoms with Crippen molar-refractivity contribution in [1.82, 2.24) is 10.3 Å². The van der Waals surface area contributed by atoms with Gasteiger partial charge in [-0.15, -0.1) is 11.3 Å². The normalized spacial score (nSPS) is 14.9. The number of rotatable bonds is 7. The fourth-order valence-electron chi connectivity index (χ4n) is 2.13. The van der Waals surface area contributed by atoms with Crippen LogP contribution in [0.25, 0.3) is 0 Å². The summed E-state index contributed by atoms with van der Waals surface area (Å²) in [7, 11) is 0. The first-order chi connectivity index (χ1) is 9.72. The van der Waals surface area contributed by atoms with Crippen LogP contribution >= 0.6 is 11.3 Å². The van der Waals surface area contributed by atoms with Gasteiger partial charge in [-0.25, -0.2) is 4.98 Å². The van der Waals surface area contributed by atoms with Gasteiger partial charge in [0.1, 0.15) is 5.76 Å². The maximum atomic E-state index is 5.47. The molecule has 0 radical (unpaired) electrons. The largest absolute Gasteiger partial charge is 0.467 e. The Hall–Kier alpha value is -1.33. The van der Waals surface area contributed by atoms with Crippen LogP contribution in [0.1, 0.15) is 37.3 Å². The molecule has 4 nitrogen and oxygen atoms in total. The van der Waals surface area contributed by atoms with E-state index < -0.39 is 0 Å². The van der Waals surface area contributed by atoms with Crippen molar-refractivity contribution in [3.8, 4) is 0 Å². The van der Waals surface area contributed by atoms with E-state index in [0.29, 0.717) is 12.1 Å². The van der Waals surface area contributed by atoms with Gasteiger partial charge in [0, 0.05) is 29.7 Å². The van der Waals surface area contributed by atoms with Crippen molar-refractivity contribution in [2.75, 3.05) is 4.90 Å². The molecule has 1 saturated carbocycles. The first-order valence-corrected chi connectivity index (χ1v) is 8.01. The van der Waals surface area contributed by atoms with Crippen LogP contribution in [0.2, 0.25) is 0 Å². The number of hydrogen-bond donors (Lipinski definition) is 1. The minimum atomic E-state index is 0.503. The molecule has 0 atom stereocenters. The van der Waals surface area contributed by atoms with Crippen LogP contribution in [0, 0.1) is 0 Å². The van der Waals surface area contributed by atoms with Crippen molar-refractivity contribution in [2.24, 2.45) is 0 Å². The van der Waals surface area contributed by atoms with E-state index in [1.807, 2.05) is 18.3 Å². The van der Waals surface area contributed by atoms with Crippen LogP contribution < -0.4 is 10.2 Å². The number of thiazole rings is 1. The maximum Gasteiger partial charge on any atom is 0.186 e. The topological polar surface area (TPSA) is 41.3 Å². The molecule has 2 heterocycles. The maximum absolute atomic E-state index is 5.47. The fourth-order valence-corrected chi connectivity index (χ4v) is 3.06. The monoisotopic (exact) mass is 291 g/mol. The zero-order valence-electron chi connectivity index (χ0n) is 12.0. The van der Waals surface area contributed by atoms with Gasteiger partial charge < -0.3 is 14.6 Å². The SMILES string of the molecule is CC(C)NCc1cnc(N(Cc2ccco2)C2CC2)s1. The molecule has 5 heteroatoms. The Kier molecular flexibility index (Phi) is 4.08. The molecule has 1 aliphatic rings. The van der Waals surface area contributed by atoms with E-state index in [2.05, 4.69) is 29.0 Å². The predicted octanol–water partition coefficient (Wildman–Crippen LogP) is 3.40. The van der Waals surface area contributed by atoms with Gasteiger partial charge in [0.25, 0.3) is 0 Å². The summed E-state index contributed by atoms with van der Waals surface area (Å²) in [4.78, 5) is 8.27. The molecule has 0 spiro atoms. The summed E-state index contributed by atoms with van der Waals surface area (Å²) in [6.07, 6.45) is 6.26.